The van der Waals surface area contributed by atoms with Crippen LogP contribution in [0.4, 0.5) is 0 Å². The number of benzene rings is 1. The lowest BCUT2D eigenvalue weighted by Crippen LogP contribution is -2.38. The van der Waals surface area contributed by atoms with Gasteiger partial charge in [-0.3, -0.25) is 4.79 Å². The van der Waals surface area contributed by atoms with Crippen LogP contribution in [-0.4, -0.2) is 58.3 Å². The number of sulfone groups is 1. The van der Waals surface area contributed by atoms with E-state index < -0.39 is 31.8 Å². The highest BCUT2D eigenvalue weighted by atomic mass is 35.5. The van der Waals surface area contributed by atoms with Crippen LogP contribution in [0.3, 0.4) is 0 Å². The first-order valence-corrected chi connectivity index (χ1v) is 11.6. The monoisotopic (exact) mass is 406 g/mol. The molecule has 0 radical (unpaired) electrons. The van der Waals surface area contributed by atoms with Gasteiger partial charge in [0.1, 0.15) is 4.90 Å². The van der Waals surface area contributed by atoms with Gasteiger partial charge in [0.2, 0.25) is 10.0 Å². The Hall–Kier alpha value is -1.16. The number of amides is 1. The Morgan fingerprint density at radius 1 is 1.28 bits per heavy atom. The molecule has 0 spiro atoms. The van der Waals surface area contributed by atoms with Crippen molar-refractivity contribution in [2.45, 2.75) is 36.2 Å². The zero-order chi connectivity index (χ0) is 18.4. The van der Waals surface area contributed by atoms with E-state index in [9.17, 15) is 21.6 Å². The lowest BCUT2D eigenvalue weighted by molar-refractivity contribution is 0.0747. The molecule has 0 aromatic heterocycles. The summed E-state index contributed by atoms with van der Waals surface area (Å²) in [4.78, 5) is 13.9. The smallest absolute Gasteiger partial charge is 0.253 e. The molecule has 138 valence electrons. The number of rotatable bonds is 5. The predicted octanol–water partition coefficient (Wildman–Crippen LogP) is 1.04. The van der Waals surface area contributed by atoms with Crippen LogP contribution in [0.2, 0.25) is 5.02 Å². The number of nitrogens with zero attached hydrogens (tertiary/aromatic N) is 1. The van der Waals surface area contributed by atoms with E-state index in [2.05, 4.69) is 4.72 Å². The Bertz CT molecular complexity index is 910. The maximum Gasteiger partial charge on any atom is 0.253 e. The van der Waals surface area contributed by atoms with Gasteiger partial charge >= 0.3 is 0 Å². The van der Waals surface area contributed by atoms with Crippen molar-refractivity contribution < 1.29 is 21.6 Å². The third-order valence-electron chi connectivity index (χ3n) is 4.44. The van der Waals surface area contributed by atoms with Crippen LogP contribution in [0.15, 0.2) is 23.1 Å². The van der Waals surface area contributed by atoms with Crippen LogP contribution in [0, 0.1) is 0 Å². The van der Waals surface area contributed by atoms with E-state index >= 15 is 0 Å². The van der Waals surface area contributed by atoms with E-state index in [4.69, 9.17) is 11.6 Å². The van der Waals surface area contributed by atoms with Gasteiger partial charge in [0.25, 0.3) is 5.91 Å². The van der Waals surface area contributed by atoms with Crippen molar-refractivity contribution in [3.63, 3.8) is 0 Å². The minimum absolute atomic E-state index is 0.0378. The highest BCUT2D eigenvalue weighted by Gasteiger charge is 2.34. The molecule has 10 heteroatoms. The highest BCUT2D eigenvalue weighted by molar-refractivity contribution is 7.91. The Morgan fingerprint density at radius 2 is 1.96 bits per heavy atom. The number of hydrogen-bond donors (Lipinski definition) is 1. The average molecular weight is 407 g/mol. The van der Waals surface area contributed by atoms with Gasteiger partial charge in [-0.1, -0.05) is 11.6 Å². The van der Waals surface area contributed by atoms with Crippen molar-refractivity contribution in [3.8, 4) is 0 Å². The third-order valence-corrected chi connectivity index (χ3v) is 8.20. The van der Waals surface area contributed by atoms with Crippen LogP contribution < -0.4 is 4.72 Å². The van der Waals surface area contributed by atoms with E-state index in [0.29, 0.717) is 6.42 Å². The highest BCUT2D eigenvalue weighted by Crippen LogP contribution is 2.27. The summed E-state index contributed by atoms with van der Waals surface area (Å²) in [6, 6.07) is 3.58. The number of carbonyl (C=O) groups excluding carboxylic acids is 1. The quantitative estimate of drug-likeness (QED) is 0.787. The summed E-state index contributed by atoms with van der Waals surface area (Å²) in [5.74, 6) is -0.445. The Kier molecular flexibility index (Phi) is 4.87. The number of sulfonamides is 1. The van der Waals surface area contributed by atoms with Crippen molar-refractivity contribution in [1.29, 1.82) is 0 Å². The molecule has 1 heterocycles. The van der Waals surface area contributed by atoms with Crippen LogP contribution in [0.5, 0.6) is 0 Å². The first kappa shape index (κ1) is 18.6. The van der Waals surface area contributed by atoms with E-state index in [1.165, 1.54) is 30.1 Å². The summed E-state index contributed by atoms with van der Waals surface area (Å²) in [5.41, 5.74) is 0.160. The molecule has 1 aromatic carbocycles. The molecule has 1 aliphatic heterocycles. The second kappa shape index (κ2) is 6.53. The summed E-state index contributed by atoms with van der Waals surface area (Å²) in [7, 11) is -5.39. The van der Waals surface area contributed by atoms with Crippen LogP contribution in [0.1, 0.15) is 29.6 Å². The Balaban J connectivity index is 1.85. The lowest BCUT2D eigenvalue weighted by Gasteiger charge is -2.23. The molecular formula is C15H19ClN2O5S2. The molecule has 1 aromatic rings. The minimum atomic E-state index is -3.80. The van der Waals surface area contributed by atoms with Crippen molar-refractivity contribution in [1.82, 2.24) is 9.62 Å². The van der Waals surface area contributed by atoms with Gasteiger partial charge in [0, 0.05) is 24.7 Å². The predicted molar refractivity (Wildman–Crippen MR) is 93.9 cm³/mol. The second-order valence-electron chi connectivity index (χ2n) is 6.51. The molecular weight excluding hydrogens is 388 g/mol. The average Bonchev–Trinajstić information content (AvgIpc) is 3.25. The summed E-state index contributed by atoms with van der Waals surface area (Å²) in [5, 5.41) is 0.0378. The normalized spacial score (nSPS) is 22.7. The SMILES string of the molecule is CN(C(=O)c1ccc(Cl)c(S(=O)(=O)NC2CC2)c1)[C@H]1CCS(=O)(=O)C1. The zero-order valence-corrected chi connectivity index (χ0v) is 16.0. The van der Waals surface area contributed by atoms with E-state index in [0.717, 1.165) is 12.8 Å². The van der Waals surface area contributed by atoms with Gasteiger partial charge in [-0.05, 0) is 37.5 Å². The summed E-state index contributed by atoms with van der Waals surface area (Å²) >= 11 is 6.01. The number of halogens is 1. The number of carbonyl (C=O) groups is 1. The summed E-state index contributed by atoms with van der Waals surface area (Å²) < 4.78 is 50.5. The molecule has 2 aliphatic rings. The van der Waals surface area contributed by atoms with Crippen molar-refractivity contribution in [2.24, 2.45) is 0 Å². The largest absolute Gasteiger partial charge is 0.338 e. The zero-order valence-electron chi connectivity index (χ0n) is 13.6. The fourth-order valence-corrected chi connectivity index (χ4v) is 6.38. The molecule has 25 heavy (non-hydrogen) atoms. The molecule has 7 nitrogen and oxygen atoms in total. The van der Waals surface area contributed by atoms with Crippen LogP contribution in [-0.2, 0) is 19.9 Å². The van der Waals surface area contributed by atoms with Crippen molar-refractivity contribution in [3.05, 3.63) is 28.8 Å². The lowest BCUT2D eigenvalue weighted by atomic mass is 10.1. The molecule has 1 atom stereocenters. The molecule has 1 amide bonds. The van der Waals surface area contributed by atoms with Gasteiger partial charge in [0.15, 0.2) is 9.84 Å². The van der Waals surface area contributed by atoms with Gasteiger partial charge < -0.3 is 4.90 Å². The molecule has 1 N–H and O–H groups in total. The molecule has 1 saturated heterocycles. The van der Waals surface area contributed by atoms with E-state index in [-0.39, 0.29) is 33.0 Å². The maximum absolute atomic E-state index is 12.6. The Morgan fingerprint density at radius 3 is 2.52 bits per heavy atom. The van der Waals surface area contributed by atoms with Gasteiger partial charge in [0.05, 0.1) is 16.5 Å². The minimum Gasteiger partial charge on any atom is -0.338 e. The topological polar surface area (TPSA) is 101 Å². The van der Waals surface area contributed by atoms with Gasteiger partial charge in [-0.2, -0.15) is 0 Å². The molecule has 2 fully saturated rings. The van der Waals surface area contributed by atoms with Crippen LogP contribution >= 0.6 is 11.6 Å². The summed E-state index contributed by atoms with van der Waals surface area (Å²) in [6.45, 7) is 0. The second-order valence-corrected chi connectivity index (χ2v) is 10.8. The number of nitrogens with one attached hydrogen (secondary N) is 1. The Labute approximate surface area is 152 Å². The standard InChI is InChI=1S/C15H19ClN2O5S2/c1-18(12-6-7-24(20,21)9-12)15(19)10-2-5-13(16)14(8-10)25(22,23)17-11-3-4-11/h2,5,8,11-12,17H,3-4,6-7,9H2,1H3/t12-/m0/s1. The van der Waals surface area contributed by atoms with Gasteiger partial charge in [-0.15, -0.1) is 0 Å². The molecule has 3 rings (SSSR count). The van der Waals surface area contributed by atoms with E-state index in [1.54, 1.807) is 0 Å². The number of hydrogen-bond acceptors (Lipinski definition) is 5. The van der Waals surface area contributed by atoms with E-state index in [1.807, 2.05) is 0 Å². The summed E-state index contributed by atoms with van der Waals surface area (Å²) in [6.07, 6.45) is 1.95. The van der Waals surface area contributed by atoms with Crippen molar-refractivity contribution >= 4 is 37.4 Å². The fraction of sp³-hybridized carbons (Fsp3) is 0.533. The molecule has 0 unspecified atom stereocenters. The van der Waals surface area contributed by atoms with Gasteiger partial charge in [-0.25, -0.2) is 21.6 Å². The first-order chi connectivity index (χ1) is 11.6. The molecule has 1 aliphatic carbocycles. The third kappa shape index (κ3) is 4.16. The molecule has 0 bridgehead atoms. The maximum atomic E-state index is 12.6. The van der Waals surface area contributed by atoms with Crippen LogP contribution in [0.25, 0.3) is 0 Å². The van der Waals surface area contributed by atoms with Crippen molar-refractivity contribution in [2.75, 3.05) is 18.6 Å². The fourth-order valence-electron chi connectivity index (χ4n) is 2.78. The first-order valence-electron chi connectivity index (χ1n) is 7.88. The molecule has 1 saturated carbocycles.